The number of carboxylic acid groups (broad SMARTS) is 1. The number of nitrogens with two attached hydrogens (primary N) is 1. The van der Waals surface area contributed by atoms with Crippen LogP contribution in [0.4, 0.5) is 4.79 Å². The highest BCUT2D eigenvalue weighted by Gasteiger charge is 2.23. The summed E-state index contributed by atoms with van der Waals surface area (Å²) in [6.07, 6.45) is 4.77. The van der Waals surface area contributed by atoms with Gasteiger partial charge in [0.1, 0.15) is 6.29 Å². The quantitative estimate of drug-likeness (QED) is 0.479. The summed E-state index contributed by atoms with van der Waals surface area (Å²) >= 11 is 0. The summed E-state index contributed by atoms with van der Waals surface area (Å²) in [5.41, 5.74) is 5.95. The van der Waals surface area contributed by atoms with Crippen LogP contribution in [0.3, 0.4) is 0 Å². The standard InChI is InChI=1S/C12H24N2O3/c1-3-4-5-6-7-11(13)10(2)14(8-9-15)12(16)17/h9-11H,3-8,13H2,1-2H3,(H,16,17). The summed E-state index contributed by atoms with van der Waals surface area (Å²) in [5.74, 6) is 0. The summed E-state index contributed by atoms with van der Waals surface area (Å²) in [7, 11) is 0. The molecule has 5 nitrogen and oxygen atoms in total. The Kier molecular flexibility index (Phi) is 8.40. The number of hydrogen-bond donors (Lipinski definition) is 2. The number of carbonyl (C=O) groups is 2. The minimum absolute atomic E-state index is 0.112. The van der Waals surface area contributed by atoms with Gasteiger partial charge in [0, 0.05) is 12.1 Å². The second-order valence-electron chi connectivity index (χ2n) is 4.36. The van der Waals surface area contributed by atoms with Crippen molar-refractivity contribution in [3.8, 4) is 0 Å². The first-order valence-corrected chi connectivity index (χ1v) is 6.23. The van der Waals surface area contributed by atoms with Gasteiger partial charge in [-0.3, -0.25) is 4.90 Å². The lowest BCUT2D eigenvalue weighted by molar-refractivity contribution is -0.109. The number of rotatable bonds is 9. The fourth-order valence-electron chi connectivity index (χ4n) is 1.78. The Morgan fingerprint density at radius 1 is 1.41 bits per heavy atom. The van der Waals surface area contributed by atoms with Gasteiger partial charge < -0.3 is 15.6 Å². The molecular formula is C12H24N2O3. The Morgan fingerprint density at radius 3 is 2.53 bits per heavy atom. The Hall–Kier alpha value is -1.10. The molecule has 0 aromatic heterocycles. The molecule has 0 fully saturated rings. The first-order chi connectivity index (χ1) is 8.04. The minimum atomic E-state index is -1.09. The highest BCUT2D eigenvalue weighted by atomic mass is 16.4. The molecule has 0 saturated carbocycles. The molecule has 0 heterocycles. The second kappa shape index (κ2) is 8.98. The smallest absolute Gasteiger partial charge is 0.407 e. The molecule has 17 heavy (non-hydrogen) atoms. The lowest BCUT2D eigenvalue weighted by atomic mass is 10.0. The SMILES string of the molecule is CCCCCCC(N)C(C)N(CC=O)C(=O)O. The Morgan fingerprint density at radius 2 is 2.06 bits per heavy atom. The van der Waals surface area contributed by atoms with E-state index in [1.165, 1.54) is 6.42 Å². The molecule has 0 aromatic carbocycles. The average molecular weight is 244 g/mol. The van der Waals surface area contributed by atoms with E-state index in [9.17, 15) is 9.59 Å². The molecule has 0 aliphatic heterocycles. The van der Waals surface area contributed by atoms with Gasteiger partial charge in [-0.2, -0.15) is 0 Å². The molecule has 5 heteroatoms. The van der Waals surface area contributed by atoms with Crippen molar-refractivity contribution in [1.29, 1.82) is 0 Å². The zero-order valence-corrected chi connectivity index (χ0v) is 10.8. The van der Waals surface area contributed by atoms with E-state index in [0.29, 0.717) is 6.29 Å². The second-order valence-corrected chi connectivity index (χ2v) is 4.36. The monoisotopic (exact) mass is 244 g/mol. The average Bonchev–Trinajstić information content (AvgIpc) is 2.30. The van der Waals surface area contributed by atoms with Crippen LogP contribution in [0, 0.1) is 0 Å². The van der Waals surface area contributed by atoms with Gasteiger partial charge in [-0.1, -0.05) is 32.6 Å². The summed E-state index contributed by atoms with van der Waals surface area (Å²) < 4.78 is 0. The minimum Gasteiger partial charge on any atom is -0.465 e. The van der Waals surface area contributed by atoms with Crippen LogP contribution >= 0.6 is 0 Å². The van der Waals surface area contributed by atoms with E-state index in [1.54, 1.807) is 6.92 Å². The molecule has 0 aliphatic carbocycles. The van der Waals surface area contributed by atoms with Crippen molar-refractivity contribution in [2.75, 3.05) is 6.54 Å². The molecule has 100 valence electrons. The normalized spacial score (nSPS) is 14.1. The maximum atomic E-state index is 10.9. The van der Waals surface area contributed by atoms with Crippen molar-refractivity contribution >= 4 is 12.4 Å². The van der Waals surface area contributed by atoms with Gasteiger partial charge in [-0.15, -0.1) is 0 Å². The lowest BCUT2D eigenvalue weighted by Crippen LogP contribution is -2.49. The fourth-order valence-corrected chi connectivity index (χ4v) is 1.78. The van der Waals surface area contributed by atoms with Crippen molar-refractivity contribution in [2.45, 2.75) is 58.0 Å². The van der Waals surface area contributed by atoms with Crippen LogP contribution in [0.1, 0.15) is 46.0 Å². The third-order valence-corrected chi connectivity index (χ3v) is 3.02. The van der Waals surface area contributed by atoms with Gasteiger partial charge >= 0.3 is 6.09 Å². The van der Waals surface area contributed by atoms with E-state index in [0.717, 1.165) is 30.6 Å². The Balaban J connectivity index is 4.10. The van der Waals surface area contributed by atoms with Gasteiger partial charge in [0.2, 0.25) is 0 Å². The first-order valence-electron chi connectivity index (χ1n) is 6.23. The third kappa shape index (κ3) is 6.26. The van der Waals surface area contributed by atoms with Crippen LogP contribution in [-0.2, 0) is 4.79 Å². The number of carbonyl (C=O) groups excluding carboxylic acids is 1. The zero-order chi connectivity index (χ0) is 13.3. The highest BCUT2D eigenvalue weighted by Crippen LogP contribution is 2.10. The zero-order valence-electron chi connectivity index (χ0n) is 10.8. The van der Waals surface area contributed by atoms with Crippen LogP contribution in [0.2, 0.25) is 0 Å². The summed E-state index contributed by atoms with van der Waals surface area (Å²) in [6.45, 7) is 3.78. The summed E-state index contributed by atoms with van der Waals surface area (Å²) in [6, 6.07) is -0.526. The van der Waals surface area contributed by atoms with Crippen molar-refractivity contribution in [2.24, 2.45) is 5.73 Å². The highest BCUT2D eigenvalue weighted by molar-refractivity contribution is 5.69. The van der Waals surface area contributed by atoms with Gasteiger partial charge in [-0.25, -0.2) is 4.79 Å². The number of aldehydes is 1. The third-order valence-electron chi connectivity index (χ3n) is 3.02. The maximum Gasteiger partial charge on any atom is 0.407 e. The van der Waals surface area contributed by atoms with Gasteiger partial charge in [-0.05, 0) is 13.3 Å². The molecule has 0 bridgehead atoms. The van der Waals surface area contributed by atoms with Crippen molar-refractivity contribution in [3.05, 3.63) is 0 Å². The molecule has 0 aromatic rings. The lowest BCUT2D eigenvalue weighted by Gasteiger charge is -2.29. The van der Waals surface area contributed by atoms with Crippen LogP contribution in [0.15, 0.2) is 0 Å². The number of hydrogen-bond acceptors (Lipinski definition) is 3. The predicted molar refractivity (Wildman–Crippen MR) is 67.0 cm³/mol. The van der Waals surface area contributed by atoms with E-state index in [4.69, 9.17) is 10.8 Å². The van der Waals surface area contributed by atoms with Gasteiger partial charge in [0.25, 0.3) is 0 Å². The molecule has 2 unspecified atom stereocenters. The van der Waals surface area contributed by atoms with E-state index >= 15 is 0 Å². The molecule has 2 atom stereocenters. The van der Waals surface area contributed by atoms with E-state index < -0.39 is 6.09 Å². The molecular weight excluding hydrogens is 220 g/mol. The Bertz CT molecular complexity index is 234. The van der Waals surface area contributed by atoms with Crippen LogP contribution in [0.25, 0.3) is 0 Å². The molecule has 1 amide bonds. The number of amides is 1. The van der Waals surface area contributed by atoms with E-state index in [-0.39, 0.29) is 18.6 Å². The van der Waals surface area contributed by atoms with Crippen LogP contribution < -0.4 is 5.73 Å². The van der Waals surface area contributed by atoms with Crippen LogP contribution in [0.5, 0.6) is 0 Å². The van der Waals surface area contributed by atoms with Gasteiger partial charge in [0.15, 0.2) is 0 Å². The molecule has 0 radical (unpaired) electrons. The summed E-state index contributed by atoms with van der Waals surface area (Å²) in [4.78, 5) is 22.4. The molecule has 0 spiro atoms. The largest absolute Gasteiger partial charge is 0.465 e. The van der Waals surface area contributed by atoms with Crippen molar-refractivity contribution < 1.29 is 14.7 Å². The van der Waals surface area contributed by atoms with E-state index in [2.05, 4.69) is 6.92 Å². The predicted octanol–water partition coefficient (Wildman–Crippen LogP) is 1.85. The molecule has 0 rings (SSSR count). The first kappa shape index (κ1) is 15.9. The van der Waals surface area contributed by atoms with E-state index in [1.807, 2.05) is 0 Å². The molecule has 0 saturated heterocycles. The molecule has 3 N–H and O–H groups in total. The van der Waals surface area contributed by atoms with Crippen LogP contribution in [-0.4, -0.2) is 41.0 Å². The number of unbranched alkanes of at least 4 members (excludes halogenated alkanes) is 3. The topological polar surface area (TPSA) is 83.6 Å². The maximum absolute atomic E-state index is 10.9. The Labute approximate surface area is 103 Å². The van der Waals surface area contributed by atoms with Crippen molar-refractivity contribution in [1.82, 2.24) is 4.90 Å². The summed E-state index contributed by atoms with van der Waals surface area (Å²) in [5, 5.41) is 8.94. The number of nitrogens with zero attached hydrogens (tertiary/aromatic N) is 1. The van der Waals surface area contributed by atoms with Crippen molar-refractivity contribution in [3.63, 3.8) is 0 Å². The van der Waals surface area contributed by atoms with Gasteiger partial charge in [0.05, 0.1) is 6.54 Å². The molecule has 0 aliphatic rings. The fraction of sp³-hybridized carbons (Fsp3) is 0.833.